The minimum atomic E-state index is -0.815. The van der Waals surface area contributed by atoms with E-state index in [9.17, 15) is 4.91 Å². The molecule has 0 bridgehead atoms. The van der Waals surface area contributed by atoms with Crippen LogP contribution in [0.25, 0.3) is 0 Å². The molecule has 4 saturated carbocycles. The smallest absolute Gasteiger partial charge is 0.149 e. The highest BCUT2D eigenvalue weighted by Gasteiger charge is 2.61. The average Bonchev–Trinajstić information content (AvgIpc) is 3.05. The first-order valence-corrected chi connectivity index (χ1v) is 13.5. The van der Waals surface area contributed by atoms with E-state index in [1.807, 2.05) is 0 Å². The van der Waals surface area contributed by atoms with E-state index >= 15 is 0 Å². The van der Waals surface area contributed by atoms with Gasteiger partial charge in [-0.25, -0.2) is 0 Å². The van der Waals surface area contributed by atoms with Crippen LogP contribution in [0, 0.1) is 57.2 Å². The molecule has 30 heavy (non-hydrogen) atoms. The molecule has 0 heterocycles. The van der Waals surface area contributed by atoms with Gasteiger partial charge in [0, 0.05) is 0 Å². The molecule has 0 amide bonds. The van der Waals surface area contributed by atoms with Crippen LogP contribution in [0.2, 0.25) is 0 Å². The van der Waals surface area contributed by atoms with E-state index in [1.165, 1.54) is 57.8 Å². The number of hydrogen-bond acceptors (Lipinski definition) is 2. The zero-order valence-electron chi connectivity index (χ0n) is 20.3. The van der Waals surface area contributed by atoms with Gasteiger partial charge in [0.2, 0.25) is 0 Å². The SMILES string of the molecule is CC(C)CCC[C@H](C)[C@@H]1CC[C@@H]2[C@H]3CC[C@H]4C[C@](Cl)(N=O)CC[C@]4(C)[C@@H]3CC[C@@]21C. The standard InChI is InChI=1S/C27H46ClNO/c1-18(2)7-6-8-19(3)22-11-12-23-21-10-9-20-17-27(28,29-30)16-15-25(20,4)24(21)13-14-26(22,23)5/h18-24H,6-17H2,1-5H3/t19-,20-,21+,22-,23+,24+,25-,26+,27+/m0/s1. The minimum Gasteiger partial charge on any atom is -0.149 e. The largest absolute Gasteiger partial charge is 0.175 e. The van der Waals surface area contributed by atoms with E-state index in [2.05, 4.69) is 39.8 Å². The maximum atomic E-state index is 11.4. The summed E-state index contributed by atoms with van der Waals surface area (Å²) in [6, 6.07) is 0. The van der Waals surface area contributed by atoms with E-state index in [-0.39, 0.29) is 0 Å². The van der Waals surface area contributed by atoms with E-state index in [1.54, 1.807) is 0 Å². The molecule has 0 aliphatic heterocycles. The van der Waals surface area contributed by atoms with Gasteiger partial charge in [-0.05, 0) is 115 Å². The molecule has 4 rings (SSSR count). The van der Waals surface area contributed by atoms with Crippen LogP contribution in [0.4, 0.5) is 0 Å². The van der Waals surface area contributed by atoms with Crippen LogP contribution in [0.1, 0.15) is 112 Å². The van der Waals surface area contributed by atoms with Crippen molar-refractivity contribution in [3.8, 4) is 0 Å². The number of nitroso groups, excluding NO2 is 1. The highest BCUT2D eigenvalue weighted by molar-refractivity contribution is 6.23. The molecule has 0 aromatic rings. The predicted octanol–water partition coefficient (Wildman–Crippen LogP) is 8.81. The van der Waals surface area contributed by atoms with Gasteiger partial charge in [-0.15, -0.1) is 4.91 Å². The Bertz CT molecular complexity index is 636. The van der Waals surface area contributed by atoms with Gasteiger partial charge in [0.15, 0.2) is 5.00 Å². The van der Waals surface area contributed by atoms with Crippen LogP contribution in [0.15, 0.2) is 5.18 Å². The van der Waals surface area contributed by atoms with Crippen LogP contribution < -0.4 is 0 Å². The van der Waals surface area contributed by atoms with Gasteiger partial charge >= 0.3 is 0 Å². The van der Waals surface area contributed by atoms with Crippen molar-refractivity contribution in [2.75, 3.05) is 0 Å². The second kappa shape index (κ2) is 8.35. The molecule has 0 aromatic heterocycles. The summed E-state index contributed by atoms with van der Waals surface area (Å²) in [4.78, 5) is 10.5. The Morgan fingerprint density at radius 1 is 0.900 bits per heavy atom. The molecule has 4 aliphatic carbocycles. The first-order valence-electron chi connectivity index (χ1n) is 13.2. The summed E-state index contributed by atoms with van der Waals surface area (Å²) in [6.45, 7) is 12.5. The summed E-state index contributed by atoms with van der Waals surface area (Å²) in [7, 11) is 0. The Hall–Kier alpha value is -0.110. The number of fused-ring (bicyclic) bond motifs is 5. The van der Waals surface area contributed by atoms with Crippen LogP contribution in [0.5, 0.6) is 0 Å². The molecule has 0 N–H and O–H groups in total. The summed E-state index contributed by atoms with van der Waals surface area (Å²) in [5.41, 5.74) is 0.950. The summed E-state index contributed by atoms with van der Waals surface area (Å²) < 4.78 is 0. The van der Waals surface area contributed by atoms with Crippen molar-refractivity contribution in [3.63, 3.8) is 0 Å². The monoisotopic (exact) mass is 435 g/mol. The average molecular weight is 436 g/mol. The maximum absolute atomic E-state index is 11.4. The lowest BCUT2D eigenvalue weighted by Crippen LogP contribution is -2.55. The Morgan fingerprint density at radius 3 is 2.33 bits per heavy atom. The summed E-state index contributed by atoms with van der Waals surface area (Å²) >= 11 is 6.56. The van der Waals surface area contributed by atoms with Gasteiger partial charge in [0.1, 0.15) is 0 Å². The topological polar surface area (TPSA) is 29.4 Å². The Balaban J connectivity index is 1.47. The lowest BCUT2D eigenvalue weighted by atomic mass is 9.44. The molecule has 4 fully saturated rings. The normalized spacial score (nSPS) is 49.2. The van der Waals surface area contributed by atoms with Crippen molar-refractivity contribution >= 4 is 11.6 Å². The number of alkyl halides is 1. The molecule has 172 valence electrons. The van der Waals surface area contributed by atoms with E-state index in [0.717, 1.165) is 54.8 Å². The third-order valence-electron chi connectivity index (χ3n) is 11.0. The van der Waals surface area contributed by atoms with Gasteiger partial charge in [-0.2, -0.15) is 0 Å². The van der Waals surface area contributed by atoms with E-state index in [4.69, 9.17) is 11.6 Å². The molecule has 0 radical (unpaired) electrons. The lowest BCUT2D eigenvalue weighted by molar-refractivity contribution is -0.118. The fraction of sp³-hybridized carbons (Fsp3) is 1.00. The molecule has 0 saturated heterocycles. The van der Waals surface area contributed by atoms with Crippen molar-refractivity contribution in [2.45, 2.75) is 117 Å². The van der Waals surface area contributed by atoms with Crippen molar-refractivity contribution in [1.29, 1.82) is 0 Å². The van der Waals surface area contributed by atoms with Crippen molar-refractivity contribution in [3.05, 3.63) is 4.91 Å². The first kappa shape index (κ1) is 23.1. The quantitative estimate of drug-likeness (QED) is 0.232. The second-order valence-electron chi connectivity index (χ2n) is 12.9. The van der Waals surface area contributed by atoms with Gasteiger partial charge in [0.05, 0.1) is 0 Å². The Kier molecular flexibility index (Phi) is 6.42. The maximum Gasteiger partial charge on any atom is 0.175 e. The van der Waals surface area contributed by atoms with Gasteiger partial charge < -0.3 is 0 Å². The molecular formula is C27H46ClNO. The Morgan fingerprint density at radius 2 is 1.63 bits per heavy atom. The summed E-state index contributed by atoms with van der Waals surface area (Å²) in [6.07, 6.45) is 15.3. The number of nitrogens with zero attached hydrogens (tertiary/aromatic N) is 1. The lowest BCUT2D eigenvalue weighted by Gasteiger charge is -2.61. The van der Waals surface area contributed by atoms with E-state index < -0.39 is 5.00 Å². The van der Waals surface area contributed by atoms with Crippen molar-refractivity contribution in [2.24, 2.45) is 57.4 Å². The molecule has 4 aliphatic rings. The van der Waals surface area contributed by atoms with E-state index in [0.29, 0.717) is 16.7 Å². The van der Waals surface area contributed by atoms with Crippen LogP contribution >= 0.6 is 11.6 Å². The fourth-order valence-electron chi connectivity index (χ4n) is 9.31. The van der Waals surface area contributed by atoms with Crippen molar-refractivity contribution < 1.29 is 0 Å². The number of hydrogen-bond donors (Lipinski definition) is 0. The highest BCUT2D eigenvalue weighted by Crippen LogP contribution is 2.69. The zero-order valence-corrected chi connectivity index (χ0v) is 21.0. The molecule has 0 aromatic carbocycles. The summed E-state index contributed by atoms with van der Waals surface area (Å²) in [5, 5.41) is 3.35. The molecule has 2 nitrogen and oxygen atoms in total. The third-order valence-corrected chi connectivity index (χ3v) is 11.4. The molecular weight excluding hydrogens is 390 g/mol. The van der Waals surface area contributed by atoms with Crippen molar-refractivity contribution in [1.82, 2.24) is 0 Å². The second-order valence-corrected chi connectivity index (χ2v) is 13.6. The summed E-state index contributed by atoms with van der Waals surface area (Å²) in [5.74, 6) is 5.93. The fourth-order valence-corrected chi connectivity index (χ4v) is 9.59. The first-order chi connectivity index (χ1) is 14.1. The number of rotatable bonds is 6. The predicted molar refractivity (Wildman–Crippen MR) is 127 cm³/mol. The van der Waals surface area contributed by atoms with Crippen LogP contribution in [0.3, 0.4) is 0 Å². The van der Waals surface area contributed by atoms with Gasteiger partial charge in [-0.1, -0.05) is 65.5 Å². The highest BCUT2D eigenvalue weighted by atomic mass is 35.5. The molecule has 9 atom stereocenters. The van der Waals surface area contributed by atoms with Crippen LogP contribution in [-0.2, 0) is 0 Å². The minimum absolute atomic E-state index is 0.383. The molecule has 3 heteroatoms. The van der Waals surface area contributed by atoms with Gasteiger partial charge in [0.25, 0.3) is 0 Å². The zero-order chi connectivity index (χ0) is 21.7. The molecule has 0 unspecified atom stereocenters. The number of halogens is 1. The Labute approximate surface area is 190 Å². The van der Waals surface area contributed by atoms with Gasteiger partial charge in [-0.3, -0.25) is 0 Å². The van der Waals surface area contributed by atoms with Crippen LogP contribution in [-0.4, -0.2) is 5.00 Å². The third kappa shape index (κ3) is 3.80. The molecule has 0 spiro atoms.